The zero-order valence-electron chi connectivity index (χ0n) is 15.3. The molecule has 0 bridgehead atoms. The van der Waals surface area contributed by atoms with Crippen molar-refractivity contribution in [2.45, 2.75) is 32.6 Å². The Labute approximate surface area is 153 Å². The van der Waals surface area contributed by atoms with Gasteiger partial charge in [0.1, 0.15) is 0 Å². The van der Waals surface area contributed by atoms with Crippen LogP contribution in [0.15, 0.2) is 24.3 Å². The molecule has 1 aromatic carbocycles. The summed E-state index contributed by atoms with van der Waals surface area (Å²) >= 11 is 0. The summed E-state index contributed by atoms with van der Waals surface area (Å²) < 4.78 is 0. The van der Waals surface area contributed by atoms with Gasteiger partial charge in [-0.3, -0.25) is 14.7 Å². The molecule has 3 heterocycles. The maximum Gasteiger partial charge on any atom is 0.275 e. The normalized spacial score (nSPS) is 22.0. The summed E-state index contributed by atoms with van der Waals surface area (Å²) in [4.78, 5) is 29.7. The van der Waals surface area contributed by atoms with Gasteiger partial charge in [0.25, 0.3) is 5.91 Å². The van der Waals surface area contributed by atoms with Crippen LogP contribution in [0.3, 0.4) is 0 Å². The van der Waals surface area contributed by atoms with Gasteiger partial charge in [0, 0.05) is 31.6 Å². The van der Waals surface area contributed by atoms with Gasteiger partial charge in [0.2, 0.25) is 5.91 Å². The summed E-state index contributed by atoms with van der Waals surface area (Å²) in [5.41, 5.74) is 1.32. The van der Waals surface area contributed by atoms with Crippen molar-refractivity contribution >= 4 is 22.7 Å². The van der Waals surface area contributed by atoms with Gasteiger partial charge in [0.15, 0.2) is 5.69 Å². The number of piperidine rings is 2. The Balaban J connectivity index is 1.46. The van der Waals surface area contributed by atoms with E-state index in [-0.39, 0.29) is 17.7 Å². The van der Waals surface area contributed by atoms with Gasteiger partial charge in [-0.2, -0.15) is 5.10 Å². The first kappa shape index (κ1) is 17.1. The SMILES string of the molecule is CC1CCN(C(=O)C2CCCN(C(=O)c3n[nH]c4ccccc34)C2)CC1. The first-order chi connectivity index (χ1) is 12.6. The zero-order valence-corrected chi connectivity index (χ0v) is 15.3. The predicted molar refractivity (Wildman–Crippen MR) is 99.7 cm³/mol. The van der Waals surface area contributed by atoms with Crippen LogP contribution >= 0.6 is 0 Å². The fraction of sp³-hybridized carbons (Fsp3) is 0.550. The average molecular weight is 354 g/mol. The number of benzene rings is 1. The smallest absolute Gasteiger partial charge is 0.275 e. The summed E-state index contributed by atoms with van der Waals surface area (Å²) in [6.07, 6.45) is 3.91. The molecule has 0 spiro atoms. The molecular weight excluding hydrogens is 328 g/mol. The van der Waals surface area contributed by atoms with E-state index in [0.29, 0.717) is 24.7 Å². The Morgan fingerprint density at radius 3 is 2.65 bits per heavy atom. The minimum atomic E-state index is -0.0775. The Morgan fingerprint density at radius 2 is 1.85 bits per heavy atom. The quantitative estimate of drug-likeness (QED) is 0.901. The van der Waals surface area contributed by atoms with Crippen molar-refractivity contribution in [1.82, 2.24) is 20.0 Å². The molecule has 2 saturated heterocycles. The Hall–Kier alpha value is -2.37. The molecule has 6 heteroatoms. The average Bonchev–Trinajstić information content (AvgIpc) is 3.12. The minimum absolute atomic E-state index is 0.0767. The molecule has 2 fully saturated rings. The molecule has 1 unspecified atom stereocenters. The van der Waals surface area contributed by atoms with Crippen LogP contribution in [0.1, 0.15) is 43.1 Å². The lowest BCUT2D eigenvalue weighted by atomic mass is 9.93. The summed E-state index contributed by atoms with van der Waals surface area (Å²) in [6.45, 7) is 5.16. The number of amides is 2. The highest BCUT2D eigenvalue weighted by Gasteiger charge is 2.33. The topological polar surface area (TPSA) is 69.3 Å². The molecule has 138 valence electrons. The number of hydrogen-bond donors (Lipinski definition) is 1. The van der Waals surface area contributed by atoms with E-state index in [0.717, 1.165) is 49.7 Å². The number of aromatic nitrogens is 2. The molecule has 1 atom stereocenters. The molecule has 1 N–H and O–H groups in total. The number of H-pyrrole nitrogens is 1. The highest BCUT2D eigenvalue weighted by molar-refractivity contribution is 6.04. The molecule has 2 aliphatic rings. The van der Waals surface area contributed by atoms with Gasteiger partial charge in [-0.15, -0.1) is 0 Å². The second-order valence-electron chi connectivity index (χ2n) is 7.72. The van der Waals surface area contributed by atoms with Crippen molar-refractivity contribution in [3.8, 4) is 0 Å². The molecule has 1 aromatic heterocycles. The summed E-state index contributed by atoms with van der Waals surface area (Å²) in [6, 6.07) is 7.66. The van der Waals surface area contributed by atoms with Gasteiger partial charge in [-0.05, 0) is 37.7 Å². The number of rotatable bonds is 2. The third-order valence-electron chi connectivity index (χ3n) is 5.83. The molecule has 26 heavy (non-hydrogen) atoms. The van der Waals surface area contributed by atoms with Gasteiger partial charge in [-0.1, -0.05) is 25.1 Å². The van der Waals surface area contributed by atoms with E-state index in [1.165, 1.54) is 0 Å². The molecule has 0 aliphatic carbocycles. The maximum atomic E-state index is 13.0. The monoisotopic (exact) mass is 354 g/mol. The summed E-state index contributed by atoms with van der Waals surface area (Å²) in [7, 11) is 0. The molecule has 0 radical (unpaired) electrons. The number of nitrogens with zero attached hydrogens (tertiary/aromatic N) is 3. The third-order valence-corrected chi connectivity index (χ3v) is 5.83. The summed E-state index contributed by atoms with van der Waals surface area (Å²) in [5.74, 6) is 0.774. The van der Waals surface area contributed by atoms with Crippen LogP contribution in [0.5, 0.6) is 0 Å². The number of fused-ring (bicyclic) bond motifs is 1. The molecule has 2 aliphatic heterocycles. The number of likely N-dealkylation sites (tertiary alicyclic amines) is 2. The zero-order chi connectivity index (χ0) is 18.1. The Morgan fingerprint density at radius 1 is 1.08 bits per heavy atom. The van der Waals surface area contributed by atoms with Crippen LogP contribution in [0, 0.1) is 11.8 Å². The maximum absolute atomic E-state index is 13.0. The Kier molecular flexibility index (Phi) is 4.66. The van der Waals surface area contributed by atoms with Crippen LogP contribution in [-0.2, 0) is 4.79 Å². The number of aromatic amines is 1. The van der Waals surface area contributed by atoms with Crippen molar-refractivity contribution in [2.75, 3.05) is 26.2 Å². The largest absolute Gasteiger partial charge is 0.342 e. The van der Waals surface area contributed by atoms with Crippen molar-refractivity contribution in [1.29, 1.82) is 0 Å². The lowest BCUT2D eigenvalue weighted by Gasteiger charge is -2.37. The van der Waals surface area contributed by atoms with E-state index in [1.807, 2.05) is 29.2 Å². The van der Waals surface area contributed by atoms with E-state index in [1.54, 1.807) is 4.90 Å². The number of carbonyl (C=O) groups excluding carboxylic acids is 2. The fourth-order valence-corrected chi connectivity index (χ4v) is 4.13. The highest BCUT2D eigenvalue weighted by atomic mass is 16.2. The van der Waals surface area contributed by atoms with Gasteiger partial charge < -0.3 is 9.80 Å². The van der Waals surface area contributed by atoms with Crippen molar-refractivity contribution in [2.24, 2.45) is 11.8 Å². The highest BCUT2D eigenvalue weighted by Crippen LogP contribution is 2.25. The van der Waals surface area contributed by atoms with Gasteiger partial charge in [-0.25, -0.2) is 0 Å². The van der Waals surface area contributed by atoms with Crippen molar-refractivity contribution in [3.63, 3.8) is 0 Å². The van der Waals surface area contributed by atoms with E-state index in [9.17, 15) is 9.59 Å². The van der Waals surface area contributed by atoms with Crippen LogP contribution in [0.4, 0.5) is 0 Å². The van der Waals surface area contributed by atoms with Crippen LogP contribution in [0.2, 0.25) is 0 Å². The fourth-order valence-electron chi connectivity index (χ4n) is 4.13. The van der Waals surface area contributed by atoms with Crippen molar-refractivity contribution in [3.05, 3.63) is 30.0 Å². The second-order valence-corrected chi connectivity index (χ2v) is 7.72. The third kappa shape index (κ3) is 3.20. The van der Waals surface area contributed by atoms with Crippen LogP contribution in [0.25, 0.3) is 10.9 Å². The Bertz CT molecular complexity index is 807. The molecule has 6 nitrogen and oxygen atoms in total. The predicted octanol–water partition coefficient (Wildman–Crippen LogP) is 2.67. The van der Waals surface area contributed by atoms with E-state index in [2.05, 4.69) is 17.1 Å². The molecule has 0 saturated carbocycles. The lowest BCUT2D eigenvalue weighted by Crippen LogP contribution is -2.48. The molecule has 4 rings (SSSR count). The number of nitrogens with one attached hydrogen (secondary N) is 1. The van der Waals surface area contributed by atoms with E-state index < -0.39 is 0 Å². The van der Waals surface area contributed by atoms with Crippen LogP contribution < -0.4 is 0 Å². The van der Waals surface area contributed by atoms with Gasteiger partial charge >= 0.3 is 0 Å². The first-order valence-electron chi connectivity index (χ1n) is 9.64. The summed E-state index contributed by atoms with van der Waals surface area (Å²) in [5, 5.41) is 8.00. The first-order valence-corrected chi connectivity index (χ1v) is 9.64. The molecular formula is C20H26N4O2. The van der Waals surface area contributed by atoms with E-state index >= 15 is 0 Å². The minimum Gasteiger partial charge on any atom is -0.342 e. The number of hydrogen-bond acceptors (Lipinski definition) is 3. The van der Waals surface area contributed by atoms with Gasteiger partial charge in [0.05, 0.1) is 11.4 Å². The van der Waals surface area contributed by atoms with E-state index in [4.69, 9.17) is 0 Å². The number of carbonyl (C=O) groups is 2. The molecule has 2 amide bonds. The second kappa shape index (κ2) is 7.09. The lowest BCUT2D eigenvalue weighted by molar-refractivity contribution is -0.138. The van der Waals surface area contributed by atoms with Crippen LogP contribution in [-0.4, -0.2) is 58.0 Å². The standard InChI is InChI=1S/C20H26N4O2/c1-14-8-11-23(12-9-14)19(25)15-5-4-10-24(13-15)20(26)18-16-6-2-3-7-17(16)21-22-18/h2-3,6-7,14-15H,4-5,8-13H2,1H3,(H,21,22). The number of para-hydroxylation sites is 1. The van der Waals surface area contributed by atoms with Crippen molar-refractivity contribution < 1.29 is 9.59 Å². The molecule has 2 aromatic rings.